The maximum atomic E-state index is 5.59. The number of rotatable bonds is 9. The lowest BCUT2D eigenvalue weighted by molar-refractivity contribution is 0.196. The van der Waals surface area contributed by atoms with Crippen LogP contribution in [0.1, 0.15) is 6.92 Å². The van der Waals surface area contributed by atoms with Gasteiger partial charge in [0.2, 0.25) is 0 Å². The highest BCUT2D eigenvalue weighted by atomic mass is 16.5. The molecule has 0 bridgehead atoms. The van der Waals surface area contributed by atoms with Crippen molar-refractivity contribution in [1.82, 2.24) is 5.32 Å². The summed E-state index contributed by atoms with van der Waals surface area (Å²) in [4.78, 5) is 0. The summed E-state index contributed by atoms with van der Waals surface area (Å²) < 4.78 is 15.9. The van der Waals surface area contributed by atoms with E-state index in [1.165, 1.54) is 0 Å². The molecule has 0 saturated carbocycles. The third kappa shape index (κ3) is 6.14. The van der Waals surface area contributed by atoms with Crippen LogP contribution in [0.2, 0.25) is 0 Å². The van der Waals surface area contributed by atoms with Crippen LogP contribution in [0.4, 0.5) is 0 Å². The molecule has 0 fully saturated rings. The summed E-state index contributed by atoms with van der Waals surface area (Å²) in [5, 5.41) is 3.22. The Morgan fingerprint density at radius 1 is 1.06 bits per heavy atom. The first-order valence-corrected chi connectivity index (χ1v) is 5.92. The Kier molecular flexibility index (Phi) is 7.18. The van der Waals surface area contributed by atoms with Crippen molar-refractivity contribution in [1.29, 1.82) is 0 Å². The summed E-state index contributed by atoms with van der Waals surface area (Å²) in [7, 11) is 1.69. The number of nitrogens with one attached hydrogen (secondary N) is 1. The van der Waals surface area contributed by atoms with E-state index >= 15 is 0 Å². The van der Waals surface area contributed by atoms with Gasteiger partial charge in [-0.1, -0.05) is 6.07 Å². The Hall–Kier alpha value is -1.26. The zero-order chi connectivity index (χ0) is 12.3. The second-order valence-electron chi connectivity index (χ2n) is 3.50. The standard InChI is InChI=1S/C13H21NO3/c1-3-16-12-5-4-6-13(11-12)17-10-8-14-7-9-15-2/h4-6,11,14H,3,7-10H2,1-2H3. The molecule has 4 nitrogen and oxygen atoms in total. The van der Waals surface area contributed by atoms with E-state index in [1.54, 1.807) is 7.11 Å². The van der Waals surface area contributed by atoms with Gasteiger partial charge < -0.3 is 19.5 Å². The quantitative estimate of drug-likeness (QED) is 0.666. The van der Waals surface area contributed by atoms with Gasteiger partial charge in [0.1, 0.15) is 18.1 Å². The van der Waals surface area contributed by atoms with Crippen LogP contribution in [0, 0.1) is 0 Å². The molecule has 0 spiro atoms. The van der Waals surface area contributed by atoms with Gasteiger partial charge in [-0.05, 0) is 19.1 Å². The van der Waals surface area contributed by atoms with Gasteiger partial charge in [0.05, 0.1) is 13.2 Å². The molecule has 0 aromatic heterocycles. The van der Waals surface area contributed by atoms with Gasteiger partial charge in [-0.25, -0.2) is 0 Å². The number of benzene rings is 1. The lowest BCUT2D eigenvalue weighted by Crippen LogP contribution is -2.24. The van der Waals surface area contributed by atoms with Crippen molar-refractivity contribution in [3.8, 4) is 11.5 Å². The molecule has 0 atom stereocenters. The van der Waals surface area contributed by atoms with Crippen molar-refractivity contribution in [3.63, 3.8) is 0 Å². The Morgan fingerprint density at radius 2 is 1.76 bits per heavy atom. The Labute approximate surface area is 103 Å². The zero-order valence-corrected chi connectivity index (χ0v) is 10.6. The molecule has 0 aliphatic carbocycles. The second kappa shape index (κ2) is 8.84. The first-order valence-electron chi connectivity index (χ1n) is 5.92. The van der Waals surface area contributed by atoms with E-state index in [0.29, 0.717) is 13.2 Å². The van der Waals surface area contributed by atoms with Crippen LogP contribution in [0.15, 0.2) is 24.3 Å². The molecule has 0 saturated heterocycles. The fourth-order valence-corrected chi connectivity index (χ4v) is 1.36. The molecule has 0 unspecified atom stereocenters. The summed E-state index contributed by atoms with van der Waals surface area (Å²) in [5.41, 5.74) is 0. The zero-order valence-electron chi connectivity index (χ0n) is 10.6. The molecule has 96 valence electrons. The molecule has 1 aromatic rings. The third-order valence-corrected chi connectivity index (χ3v) is 2.15. The minimum absolute atomic E-state index is 0.638. The van der Waals surface area contributed by atoms with E-state index in [4.69, 9.17) is 14.2 Å². The summed E-state index contributed by atoms with van der Waals surface area (Å²) in [6.07, 6.45) is 0. The van der Waals surface area contributed by atoms with Crippen molar-refractivity contribution in [2.75, 3.05) is 40.0 Å². The van der Waals surface area contributed by atoms with E-state index in [1.807, 2.05) is 31.2 Å². The van der Waals surface area contributed by atoms with Crippen molar-refractivity contribution < 1.29 is 14.2 Å². The van der Waals surface area contributed by atoms with Crippen LogP contribution in [-0.4, -0.2) is 40.0 Å². The van der Waals surface area contributed by atoms with Crippen molar-refractivity contribution >= 4 is 0 Å². The number of methoxy groups -OCH3 is 1. The first kappa shape index (κ1) is 13.8. The predicted octanol–water partition coefficient (Wildman–Crippen LogP) is 1.70. The number of hydrogen-bond donors (Lipinski definition) is 1. The van der Waals surface area contributed by atoms with E-state index in [9.17, 15) is 0 Å². The van der Waals surface area contributed by atoms with Gasteiger partial charge in [-0.15, -0.1) is 0 Å². The lowest BCUT2D eigenvalue weighted by atomic mass is 10.3. The van der Waals surface area contributed by atoms with Crippen LogP contribution < -0.4 is 14.8 Å². The van der Waals surface area contributed by atoms with Crippen LogP contribution in [0.3, 0.4) is 0 Å². The monoisotopic (exact) mass is 239 g/mol. The lowest BCUT2D eigenvalue weighted by Gasteiger charge is -2.09. The third-order valence-electron chi connectivity index (χ3n) is 2.15. The van der Waals surface area contributed by atoms with Gasteiger partial charge in [-0.3, -0.25) is 0 Å². The molecule has 1 aromatic carbocycles. The van der Waals surface area contributed by atoms with Crippen LogP contribution >= 0.6 is 0 Å². The maximum absolute atomic E-state index is 5.59. The van der Waals surface area contributed by atoms with Crippen molar-refractivity contribution in [2.24, 2.45) is 0 Å². The van der Waals surface area contributed by atoms with Crippen molar-refractivity contribution in [3.05, 3.63) is 24.3 Å². The van der Waals surface area contributed by atoms with E-state index in [2.05, 4.69) is 5.32 Å². The second-order valence-corrected chi connectivity index (χ2v) is 3.50. The van der Waals surface area contributed by atoms with Gasteiger partial charge >= 0.3 is 0 Å². The summed E-state index contributed by atoms with van der Waals surface area (Å²) in [6, 6.07) is 7.68. The highest BCUT2D eigenvalue weighted by Gasteiger charge is 1.96. The average Bonchev–Trinajstić information content (AvgIpc) is 2.35. The molecule has 0 aliphatic rings. The predicted molar refractivity (Wildman–Crippen MR) is 67.9 cm³/mol. The minimum atomic E-state index is 0.638. The van der Waals surface area contributed by atoms with Crippen molar-refractivity contribution in [2.45, 2.75) is 6.92 Å². The largest absolute Gasteiger partial charge is 0.494 e. The smallest absolute Gasteiger partial charge is 0.123 e. The fraction of sp³-hybridized carbons (Fsp3) is 0.538. The van der Waals surface area contributed by atoms with E-state index in [0.717, 1.165) is 31.2 Å². The minimum Gasteiger partial charge on any atom is -0.494 e. The molecule has 0 heterocycles. The number of ether oxygens (including phenoxy) is 3. The Balaban J connectivity index is 2.19. The Bertz CT molecular complexity index is 304. The Morgan fingerprint density at radius 3 is 2.47 bits per heavy atom. The van der Waals surface area contributed by atoms with Crippen LogP contribution in [0.25, 0.3) is 0 Å². The first-order chi connectivity index (χ1) is 8.36. The topological polar surface area (TPSA) is 39.7 Å². The molecule has 4 heteroatoms. The molecule has 0 radical (unpaired) electrons. The number of hydrogen-bond acceptors (Lipinski definition) is 4. The normalized spacial score (nSPS) is 10.2. The molecule has 0 aliphatic heterocycles. The molecule has 0 amide bonds. The molecular weight excluding hydrogens is 218 g/mol. The highest BCUT2D eigenvalue weighted by Crippen LogP contribution is 2.18. The SMILES string of the molecule is CCOc1cccc(OCCNCCOC)c1. The summed E-state index contributed by atoms with van der Waals surface area (Å²) >= 11 is 0. The molecule has 1 rings (SSSR count). The average molecular weight is 239 g/mol. The van der Waals surface area contributed by atoms with Crippen LogP contribution in [-0.2, 0) is 4.74 Å². The maximum Gasteiger partial charge on any atom is 0.123 e. The molecule has 1 N–H and O–H groups in total. The van der Waals surface area contributed by atoms with Gasteiger partial charge in [0, 0.05) is 26.3 Å². The van der Waals surface area contributed by atoms with Gasteiger partial charge in [0.15, 0.2) is 0 Å². The van der Waals surface area contributed by atoms with E-state index in [-0.39, 0.29) is 0 Å². The summed E-state index contributed by atoms with van der Waals surface area (Å²) in [6.45, 7) is 5.65. The van der Waals surface area contributed by atoms with Crippen LogP contribution in [0.5, 0.6) is 11.5 Å². The van der Waals surface area contributed by atoms with Gasteiger partial charge in [-0.2, -0.15) is 0 Å². The summed E-state index contributed by atoms with van der Waals surface area (Å²) in [5.74, 6) is 1.68. The highest BCUT2D eigenvalue weighted by molar-refractivity contribution is 5.32. The molecule has 17 heavy (non-hydrogen) atoms. The molecular formula is C13H21NO3. The fourth-order valence-electron chi connectivity index (χ4n) is 1.36. The van der Waals surface area contributed by atoms with E-state index < -0.39 is 0 Å². The van der Waals surface area contributed by atoms with Gasteiger partial charge in [0.25, 0.3) is 0 Å².